The van der Waals surface area contributed by atoms with Crippen molar-refractivity contribution in [3.05, 3.63) is 11.6 Å². The number of allylic oxidation sites excluding steroid dienone is 1. The Bertz CT molecular complexity index is 1110. The largest absolute Gasteiger partial charge is 0.444 e. The van der Waals surface area contributed by atoms with Gasteiger partial charge in [-0.25, -0.2) is 9.59 Å². The molecule has 4 aliphatic rings. The number of nitrogens with zero attached hydrogens (tertiary/aromatic N) is 3. The lowest BCUT2D eigenvalue weighted by atomic mass is 9.46. The first-order chi connectivity index (χ1) is 19.5. The second-order valence-electron chi connectivity index (χ2n) is 15.5. The summed E-state index contributed by atoms with van der Waals surface area (Å²) in [6.45, 7) is 17.7. The van der Waals surface area contributed by atoms with Gasteiger partial charge in [0.1, 0.15) is 5.60 Å². The van der Waals surface area contributed by atoms with Crippen molar-refractivity contribution in [1.29, 1.82) is 0 Å². The van der Waals surface area contributed by atoms with Gasteiger partial charge in [0, 0.05) is 39.0 Å². The van der Waals surface area contributed by atoms with Crippen molar-refractivity contribution < 1.29 is 24.0 Å². The molecule has 3 fully saturated rings. The topological polar surface area (TPSA) is 88.5 Å². The van der Waals surface area contributed by atoms with Gasteiger partial charge in [0.15, 0.2) is 5.78 Å². The van der Waals surface area contributed by atoms with Crippen LogP contribution in [0.2, 0.25) is 0 Å². The highest BCUT2D eigenvalue weighted by molar-refractivity contribution is 5.91. The molecule has 0 radical (unpaired) electrons. The van der Waals surface area contributed by atoms with Crippen LogP contribution in [0.5, 0.6) is 0 Å². The summed E-state index contributed by atoms with van der Waals surface area (Å²) in [5, 5.41) is 4.45. The first-order valence-corrected chi connectivity index (χ1v) is 16.2. The van der Waals surface area contributed by atoms with Crippen LogP contribution in [0.4, 0.5) is 9.59 Å². The van der Waals surface area contributed by atoms with Crippen molar-refractivity contribution in [1.82, 2.24) is 9.80 Å². The van der Waals surface area contributed by atoms with Gasteiger partial charge in [-0.3, -0.25) is 9.63 Å². The van der Waals surface area contributed by atoms with E-state index in [1.807, 2.05) is 33.8 Å². The lowest BCUT2D eigenvalue weighted by molar-refractivity contribution is -0.117. The normalized spacial score (nSPS) is 32.9. The number of ketones is 1. The first-order valence-electron chi connectivity index (χ1n) is 16.2. The molecule has 8 nitrogen and oxygen atoms in total. The molecule has 0 N–H and O–H groups in total. The number of ether oxygens (including phenoxy) is 1. The van der Waals surface area contributed by atoms with Crippen LogP contribution in [0.15, 0.2) is 16.8 Å². The highest BCUT2D eigenvalue weighted by Crippen LogP contribution is 2.66. The fraction of sp³-hybridized carbons (Fsp3) is 0.824. The van der Waals surface area contributed by atoms with Gasteiger partial charge >= 0.3 is 12.2 Å². The molecule has 0 saturated heterocycles. The smallest absolute Gasteiger partial charge is 0.436 e. The van der Waals surface area contributed by atoms with Gasteiger partial charge < -0.3 is 14.5 Å². The number of hydrogen-bond acceptors (Lipinski definition) is 6. The predicted octanol–water partition coefficient (Wildman–Crippen LogP) is 7.47. The van der Waals surface area contributed by atoms with E-state index in [0.29, 0.717) is 55.5 Å². The van der Waals surface area contributed by atoms with E-state index in [1.165, 1.54) is 29.7 Å². The standard InChI is InChI=1S/C34H55N3O5/c1-22(2)21-37(19-18-36(9)30(39)41-32(4,5)6)31(40)42-35-23(3)27-12-13-28-26-11-10-24-20-25(38)14-16-33(24,7)29(26)15-17-34(27,28)8/h20,22,26-29H,10-19,21H2,1-9H3/b35-23+/t26-,27+,28-,29-,33-,34+/m0/s1. The molecule has 0 unspecified atom stereocenters. The molecule has 4 aliphatic carbocycles. The van der Waals surface area contributed by atoms with Crippen molar-refractivity contribution in [3.8, 4) is 0 Å². The SMILES string of the molecule is C/C(=N\OC(=O)N(CCN(C)C(=O)OC(C)(C)C)CC(C)C)[C@H]1CC[C@H]2[C@@H]3CCC4=CC(=O)CC[C@]4(C)[C@H]3CC[C@]12C. The van der Waals surface area contributed by atoms with Crippen molar-refractivity contribution in [3.63, 3.8) is 0 Å². The summed E-state index contributed by atoms with van der Waals surface area (Å²) in [6.07, 6.45) is 9.62. The molecule has 236 valence electrons. The van der Waals surface area contributed by atoms with Crippen molar-refractivity contribution in [2.45, 2.75) is 112 Å². The number of fused-ring (bicyclic) bond motifs is 5. The van der Waals surface area contributed by atoms with E-state index in [9.17, 15) is 14.4 Å². The van der Waals surface area contributed by atoms with Crippen LogP contribution in [0.25, 0.3) is 0 Å². The zero-order valence-corrected chi connectivity index (χ0v) is 27.6. The fourth-order valence-corrected chi connectivity index (χ4v) is 8.88. The van der Waals surface area contributed by atoms with Gasteiger partial charge in [0.25, 0.3) is 0 Å². The number of carbonyl (C=O) groups is 3. The number of rotatable bonds is 7. The van der Waals surface area contributed by atoms with Gasteiger partial charge in [0.05, 0.1) is 5.71 Å². The van der Waals surface area contributed by atoms with Gasteiger partial charge in [-0.1, -0.05) is 38.4 Å². The van der Waals surface area contributed by atoms with Crippen molar-refractivity contribution in [2.75, 3.05) is 26.7 Å². The second kappa shape index (κ2) is 12.3. The molecule has 42 heavy (non-hydrogen) atoms. The maximum atomic E-state index is 13.2. The highest BCUT2D eigenvalue weighted by atomic mass is 16.7. The number of hydrogen-bond donors (Lipinski definition) is 0. The molecule has 0 aromatic carbocycles. The molecule has 0 aromatic rings. The Morgan fingerprint density at radius 3 is 2.40 bits per heavy atom. The monoisotopic (exact) mass is 585 g/mol. The van der Waals surface area contributed by atoms with Crippen LogP contribution < -0.4 is 0 Å². The third-order valence-corrected chi connectivity index (χ3v) is 11.0. The molecular weight excluding hydrogens is 530 g/mol. The molecule has 3 saturated carbocycles. The highest BCUT2D eigenvalue weighted by Gasteiger charge is 2.59. The Morgan fingerprint density at radius 1 is 1.02 bits per heavy atom. The number of carbonyl (C=O) groups excluding carboxylic acids is 3. The van der Waals surface area contributed by atoms with E-state index in [0.717, 1.165) is 31.4 Å². The number of likely N-dealkylation sites (N-methyl/N-ethyl adjacent to an activating group) is 1. The van der Waals surface area contributed by atoms with Crippen LogP contribution in [0, 0.1) is 40.4 Å². The van der Waals surface area contributed by atoms with Crippen LogP contribution in [-0.2, 0) is 14.4 Å². The van der Waals surface area contributed by atoms with Crippen molar-refractivity contribution in [2.24, 2.45) is 45.6 Å². The van der Waals surface area contributed by atoms with E-state index in [4.69, 9.17) is 9.57 Å². The second-order valence-corrected chi connectivity index (χ2v) is 15.5. The first kappa shape index (κ1) is 32.5. The summed E-state index contributed by atoms with van der Waals surface area (Å²) in [5.74, 6) is 2.83. The molecule has 4 rings (SSSR count). The summed E-state index contributed by atoms with van der Waals surface area (Å²) in [4.78, 5) is 46.4. The van der Waals surface area contributed by atoms with Gasteiger partial charge in [-0.05, 0) is 113 Å². The molecule has 0 spiro atoms. The lowest BCUT2D eigenvalue weighted by Gasteiger charge is -2.58. The van der Waals surface area contributed by atoms with Crippen LogP contribution >= 0.6 is 0 Å². The Labute approximate surface area is 253 Å². The maximum absolute atomic E-state index is 13.2. The Morgan fingerprint density at radius 2 is 1.74 bits per heavy atom. The number of amides is 2. The maximum Gasteiger partial charge on any atom is 0.436 e. The van der Waals surface area contributed by atoms with E-state index >= 15 is 0 Å². The third kappa shape index (κ3) is 6.72. The van der Waals surface area contributed by atoms with E-state index in [-0.39, 0.29) is 16.7 Å². The summed E-state index contributed by atoms with van der Waals surface area (Å²) in [5.41, 5.74) is 2.07. The minimum atomic E-state index is -0.575. The van der Waals surface area contributed by atoms with Gasteiger partial charge in [0.2, 0.25) is 0 Å². The molecule has 0 aromatic heterocycles. The lowest BCUT2D eigenvalue weighted by Crippen LogP contribution is -2.51. The molecule has 0 bridgehead atoms. The molecule has 0 aliphatic heterocycles. The van der Waals surface area contributed by atoms with Crippen molar-refractivity contribution >= 4 is 23.7 Å². The predicted molar refractivity (Wildman–Crippen MR) is 165 cm³/mol. The summed E-state index contributed by atoms with van der Waals surface area (Å²) in [7, 11) is 1.68. The molecule has 8 heteroatoms. The third-order valence-electron chi connectivity index (χ3n) is 11.0. The average Bonchev–Trinajstić information content (AvgIpc) is 3.25. The summed E-state index contributed by atoms with van der Waals surface area (Å²) >= 11 is 0. The van der Waals surface area contributed by atoms with Crippen LogP contribution in [0.3, 0.4) is 0 Å². The summed E-state index contributed by atoms with van der Waals surface area (Å²) < 4.78 is 5.45. The zero-order valence-electron chi connectivity index (χ0n) is 27.6. The molecule has 0 heterocycles. The van der Waals surface area contributed by atoms with Crippen LogP contribution in [0.1, 0.15) is 107 Å². The Kier molecular flexibility index (Phi) is 9.54. The molecule has 6 atom stereocenters. The minimum absolute atomic E-state index is 0.150. The fourth-order valence-electron chi connectivity index (χ4n) is 8.88. The van der Waals surface area contributed by atoms with E-state index in [2.05, 4.69) is 32.9 Å². The van der Waals surface area contributed by atoms with E-state index < -0.39 is 17.8 Å². The summed E-state index contributed by atoms with van der Waals surface area (Å²) in [6, 6.07) is 0. The van der Waals surface area contributed by atoms with E-state index in [1.54, 1.807) is 11.9 Å². The quantitative estimate of drug-likeness (QED) is 0.176. The Balaban J connectivity index is 1.39. The van der Waals surface area contributed by atoms with Crippen LogP contribution in [-0.4, -0.2) is 65.8 Å². The van der Waals surface area contributed by atoms with Gasteiger partial charge in [-0.2, -0.15) is 0 Å². The zero-order chi connectivity index (χ0) is 31.0. The Hall–Kier alpha value is -2.38. The average molecular weight is 586 g/mol. The molecule has 2 amide bonds. The van der Waals surface area contributed by atoms with Gasteiger partial charge in [-0.15, -0.1) is 0 Å². The number of oxime groups is 1. The minimum Gasteiger partial charge on any atom is -0.444 e. The molecular formula is C34H55N3O5.